The van der Waals surface area contributed by atoms with Gasteiger partial charge in [-0.2, -0.15) is 0 Å². The van der Waals surface area contributed by atoms with Crippen molar-refractivity contribution in [3.05, 3.63) is 303 Å². The van der Waals surface area contributed by atoms with Crippen LogP contribution in [0.15, 0.2) is 237 Å². The topological polar surface area (TPSA) is 135 Å². The molecule has 0 aliphatic carbocycles. The summed E-state index contributed by atoms with van der Waals surface area (Å²) in [7, 11) is 28.0. The van der Waals surface area contributed by atoms with Gasteiger partial charge >= 0.3 is 0 Å². The Balaban J connectivity index is 0.000000180. The number of halogens is 2. The summed E-state index contributed by atoms with van der Waals surface area (Å²) in [6.07, 6.45) is 12.8. The molecule has 19 nitrogen and oxygen atoms in total. The Labute approximate surface area is 712 Å². The molecule has 3 N–H and O–H groups in total. The van der Waals surface area contributed by atoms with E-state index in [1.807, 2.05) is 149 Å². The van der Waals surface area contributed by atoms with Gasteiger partial charge in [-0.05, 0) is 237 Å². The molecule has 9 heterocycles. The van der Waals surface area contributed by atoms with Crippen molar-refractivity contribution in [2.24, 2.45) is 0 Å². The van der Waals surface area contributed by atoms with Crippen LogP contribution in [0.2, 0.25) is 10.0 Å². The number of anilines is 3. The zero-order valence-electron chi connectivity index (χ0n) is 72.5. The van der Waals surface area contributed by atoms with Gasteiger partial charge < -0.3 is 79.2 Å². The van der Waals surface area contributed by atoms with E-state index < -0.39 is 0 Å². The molecule has 7 aromatic carbocycles. The molecule has 21 heteroatoms. The van der Waals surface area contributed by atoms with E-state index in [-0.39, 0.29) is 0 Å². The number of pyridine rings is 3. The lowest BCUT2D eigenvalue weighted by Crippen LogP contribution is -2.44. The van der Waals surface area contributed by atoms with Crippen LogP contribution in [0.4, 0.5) is 17.2 Å². The minimum atomic E-state index is 0.792. The van der Waals surface area contributed by atoms with Crippen molar-refractivity contribution in [1.29, 1.82) is 0 Å². The number of nitrogens with one attached hydrogen (secondary N) is 3. The average molecular weight is 1630 g/mol. The second-order valence-electron chi connectivity index (χ2n) is 30.4. The van der Waals surface area contributed by atoms with E-state index in [0.717, 1.165) is 177 Å². The largest absolute Gasteiger partial charge is 0.497 e. The van der Waals surface area contributed by atoms with Crippen molar-refractivity contribution in [3.63, 3.8) is 0 Å². The summed E-state index contributed by atoms with van der Waals surface area (Å²) < 4.78 is 15.8. The van der Waals surface area contributed by atoms with Gasteiger partial charge in [0.05, 0.1) is 33.2 Å². The molecule has 630 valence electrons. The number of hydrogen-bond donors (Lipinski definition) is 3. The third-order valence-electron chi connectivity index (χ3n) is 20.5. The molecular formula is C96H134Cl2N16O3. The second kappa shape index (κ2) is 54.9. The van der Waals surface area contributed by atoms with Gasteiger partial charge in [-0.3, -0.25) is 9.97 Å². The summed E-state index contributed by atoms with van der Waals surface area (Å²) in [5, 5.41) is 10.8. The third-order valence-corrected chi connectivity index (χ3v) is 21.0. The molecule has 6 aliphatic rings. The third kappa shape index (κ3) is 36.8. The molecule has 6 aliphatic heterocycles. The zero-order chi connectivity index (χ0) is 83.8. The summed E-state index contributed by atoms with van der Waals surface area (Å²) in [4.78, 5) is 35.8. The molecule has 0 saturated carbocycles. The predicted octanol–water partition coefficient (Wildman–Crippen LogP) is 14.8. The van der Waals surface area contributed by atoms with Crippen LogP contribution in [0.1, 0.15) is 55.6 Å². The van der Waals surface area contributed by atoms with Gasteiger partial charge in [0.25, 0.3) is 0 Å². The fraction of sp³-hybridized carbons (Fsp3) is 0.406. The molecule has 117 heavy (non-hydrogen) atoms. The number of hydrogen-bond acceptors (Lipinski definition) is 19. The van der Waals surface area contributed by atoms with E-state index in [1.165, 1.54) is 86.5 Å². The van der Waals surface area contributed by atoms with Crippen molar-refractivity contribution in [2.75, 3.05) is 212 Å². The highest BCUT2D eigenvalue weighted by molar-refractivity contribution is 6.30. The summed E-state index contributed by atoms with van der Waals surface area (Å²) in [5.41, 5.74) is 16.4. The minimum absolute atomic E-state index is 0.792. The molecule has 0 unspecified atom stereocenters. The standard InChI is InChI=1S/C12H17NO2.C11H15NO.3C10H15N3.C10H13N.C9H13N.2C8H10ClN.C8H11N/c1-13-5-4-9-6-11(14-2)12(15-3)7-10(9)8-13;1-12-6-5-9-3-4-11(13-2)7-10(9)8-12;1-12-6-8-13(9-7-12)10-2-4-11-5-3-10;1-12-5-7-13(8-6-12)10-3-2-4-11-9-10;1-12-6-8-13(9-7-12)10-4-2-3-5-11-10;1-11-7-6-9-4-2-3-5-10(9)8-11;1-10(2)8-9-6-4-3-5-7-9;1-10-6-7-2-4-8(9)5-3-7;1-10-6-7-3-2-4-8(9)5-7;1-9-7-8-5-3-2-4-6-8/h6-7H,4-5,8H2,1-3H3;3-4,7H,5-6,8H2,1-2H3;2-5H,6-9H2,1H3;2-4,9H,5-8H2,1H3;2-5H,6-9H2,1H3;2-5H,6-8H2,1H3;3-7H,8H2,1-2H3;2*2-5,10H,6H2,1H3;2-6,9H,7H2,1H3. The van der Waals surface area contributed by atoms with Crippen molar-refractivity contribution < 1.29 is 14.2 Å². The Morgan fingerprint density at radius 3 is 1.31 bits per heavy atom. The van der Waals surface area contributed by atoms with Gasteiger partial charge in [0.2, 0.25) is 0 Å². The average Bonchev–Trinajstić information content (AvgIpc) is 0.814. The maximum absolute atomic E-state index is 5.75. The molecule has 0 amide bonds. The minimum Gasteiger partial charge on any atom is -0.497 e. The molecule has 16 rings (SSSR count). The first-order chi connectivity index (χ1) is 56.8. The molecular weight excluding hydrogens is 1500 g/mol. The quantitative estimate of drug-likeness (QED) is 0.0952. The molecule has 3 aromatic heterocycles. The first kappa shape index (κ1) is 95.1. The highest BCUT2D eigenvalue weighted by Gasteiger charge is 2.20. The van der Waals surface area contributed by atoms with E-state index in [0.29, 0.717) is 0 Å². The lowest BCUT2D eigenvalue weighted by molar-refractivity contribution is 0.308. The van der Waals surface area contributed by atoms with Crippen LogP contribution >= 0.6 is 23.2 Å². The van der Waals surface area contributed by atoms with Gasteiger partial charge in [0, 0.05) is 185 Å². The second-order valence-corrected chi connectivity index (χ2v) is 31.2. The number of fused-ring (bicyclic) bond motifs is 3. The number of likely N-dealkylation sites (N-methyl/N-ethyl adjacent to an activating group) is 6. The van der Waals surface area contributed by atoms with Gasteiger partial charge in [0.15, 0.2) is 11.5 Å². The van der Waals surface area contributed by atoms with E-state index in [1.54, 1.807) is 21.3 Å². The first-order valence-corrected chi connectivity index (χ1v) is 41.8. The van der Waals surface area contributed by atoms with Crippen LogP contribution in [0, 0.1) is 0 Å². The van der Waals surface area contributed by atoms with E-state index in [2.05, 4.69) is 245 Å². The smallest absolute Gasteiger partial charge is 0.161 e. The first-order valence-electron chi connectivity index (χ1n) is 41.0. The SMILES string of the molecule is CN(C)Cc1ccccc1.CN1CCN(c2ccccn2)CC1.CN1CCN(c2cccnc2)CC1.CN1CCN(c2ccncc2)CC1.CN1CCc2ccccc2C1.CNCc1ccc(Cl)cc1.CNCc1cccc(Cl)c1.CNCc1ccccc1.COc1cc2c(cc1OC)CN(C)CC2.COc1ccc2c(c1)CN(C)CC2. The van der Waals surface area contributed by atoms with Gasteiger partial charge in [-0.25, -0.2) is 4.98 Å². The van der Waals surface area contributed by atoms with Crippen molar-refractivity contribution in [2.45, 2.75) is 65.1 Å². The van der Waals surface area contributed by atoms with Crippen molar-refractivity contribution in [3.8, 4) is 17.2 Å². The monoisotopic (exact) mass is 1630 g/mol. The predicted molar refractivity (Wildman–Crippen MR) is 492 cm³/mol. The van der Waals surface area contributed by atoms with E-state index in [9.17, 15) is 0 Å². The van der Waals surface area contributed by atoms with Crippen LogP contribution < -0.4 is 44.9 Å². The zero-order valence-corrected chi connectivity index (χ0v) is 74.0. The molecule has 0 spiro atoms. The summed E-state index contributed by atoms with van der Waals surface area (Å²) in [5.74, 6) is 3.73. The number of methoxy groups -OCH3 is 3. The Hall–Kier alpha value is -9.03. The lowest BCUT2D eigenvalue weighted by atomic mass is 9.99. The van der Waals surface area contributed by atoms with Crippen LogP contribution in [-0.2, 0) is 65.1 Å². The number of aromatic nitrogens is 3. The molecule has 0 bridgehead atoms. The summed E-state index contributed by atoms with van der Waals surface area (Å²) >= 11 is 11.4. The maximum atomic E-state index is 5.75. The van der Waals surface area contributed by atoms with Crippen LogP contribution in [0.3, 0.4) is 0 Å². The normalized spacial score (nSPS) is 15.2. The number of nitrogens with zero attached hydrogens (tertiary/aromatic N) is 13. The summed E-state index contributed by atoms with van der Waals surface area (Å²) in [6, 6.07) is 70.1. The maximum Gasteiger partial charge on any atom is 0.161 e. The van der Waals surface area contributed by atoms with Crippen LogP contribution in [0.25, 0.3) is 0 Å². The van der Waals surface area contributed by atoms with Crippen molar-refractivity contribution >= 4 is 40.4 Å². The van der Waals surface area contributed by atoms with E-state index >= 15 is 0 Å². The van der Waals surface area contributed by atoms with Gasteiger partial charge in [-0.1, -0.05) is 145 Å². The number of ether oxygens (including phenoxy) is 3. The summed E-state index contributed by atoms with van der Waals surface area (Å²) in [6.45, 7) is 23.9. The molecule has 10 aromatic rings. The van der Waals surface area contributed by atoms with Gasteiger partial charge in [0.1, 0.15) is 11.6 Å². The number of rotatable bonds is 14. The van der Waals surface area contributed by atoms with Gasteiger partial charge in [-0.15, -0.1) is 0 Å². The molecule has 3 saturated heterocycles. The number of piperazine rings is 3. The fourth-order valence-electron chi connectivity index (χ4n) is 13.7. The molecule has 0 radical (unpaired) electrons. The van der Waals surface area contributed by atoms with Crippen LogP contribution in [-0.4, -0.2) is 246 Å². The Morgan fingerprint density at radius 1 is 0.342 bits per heavy atom. The molecule has 0 atom stereocenters. The van der Waals surface area contributed by atoms with Crippen LogP contribution in [0.5, 0.6) is 17.2 Å². The Morgan fingerprint density at radius 2 is 0.803 bits per heavy atom. The fourth-order valence-corrected chi connectivity index (χ4v) is 14.0. The van der Waals surface area contributed by atoms with Crippen molar-refractivity contribution in [1.82, 2.24) is 65.2 Å². The Kier molecular flexibility index (Phi) is 44.6. The van der Waals surface area contributed by atoms with E-state index in [4.69, 9.17) is 37.4 Å². The Bertz CT molecular complexity index is 4100. The highest BCUT2D eigenvalue weighted by atomic mass is 35.5. The highest BCUT2D eigenvalue weighted by Crippen LogP contribution is 2.33. The lowest BCUT2D eigenvalue weighted by Gasteiger charge is -2.33. The molecule has 3 fully saturated rings. The number of benzene rings is 7.